The molecule has 0 aliphatic heterocycles. The van der Waals surface area contributed by atoms with Gasteiger partial charge in [0, 0.05) is 79.7 Å². The molecule has 0 unspecified atom stereocenters. The summed E-state index contributed by atoms with van der Waals surface area (Å²) in [5, 5.41) is 15.2. The predicted octanol–water partition coefficient (Wildman–Crippen LogP) is 17.7. The number of rotatable bonds is 6. The summed E-state index contributed by atoms with van der Waals surface area (Å²) in [4.78, 5) is 14.9. The normalized spacial score (nSPS) is 12.1. The Kier molecular flexibility index (Phi) is 7.94. The van der Waals surface area contributed by atoms with E-state index in [4.69, 9.17) is 23.2 Å². The lowest BCUT2D eigenvalue weighted by Crippen LogP contribution is -2.12. The van der Waals surface area contributed by atoms with Gasteiger partial charge in [0.2, 0.25) is 0 Å². The van der Waals surface area contributed by atoms with E-state index in [0.717, 1.165) is 110 Å². The largest absolute Gasteiger partial charge is 0.456 e. The fourth-order valence-electron chi connectivity index (χ4n) is 10.7. The standard InChI is InChI=1S/C62H36N4O3/c1-3-15-41-37(13-1)29-53(45-19-7-5-17-43(41)45)65(39-25-27-49-47-21-9-11-23-55(47)67-57(49)31-39)61-33-59-51(35-63-61)52-36-64-62(34-60(52)69-59)66(40-26-28-50-48-22-10-12-24-56(48)68-58(50)32-40)54-30-38-14-2-4-16-42(38)44-18-6-8-20-46(44)54/h1-36H. The highest BCUT2D eigenvalue weighted by atomic mass is 16.3. The maximum atomic E-state index is 6.94. The van der Waals surface area contributed by atoms with Crippen LogP contribution in [0.3, 0.4) is 0 Å². The molecule has 69 heavy (non-hydrogen) atoms. The summed E-state index contributed by atoms with van der Waals surface area (Å²) >= 11 is 0. The van der Waals surface area contributed by atoms with E-state index in [1.54, 1.807) is 0 Å². The Morgan fingerprint density at radius 2 is 0.609 bits per heavy atom. The summed E-state index contributed by atoms with van der Waals surface area (Å²) in [7, 11) is 0. The van der Waals surface area contributed by atoms with Crippen molar-refractivity contribution in [2.24, 2.45) is 0 Å². The van der Waals surface area contributed by atoms with Crippen molar-refractivity contribution >= 4 is 143 Å². The monoisotopic (exact) mass is 884 g/mol. The molecule has 0 fully saturated rings. The Bertz CT molecular complexity index is 4310. The highest BCUT2D eigenvalue weighted by Gasteiger charge is 2.24. The molecule has 0 N–H and O–H groups in total. The molecule has 7 nitrogen and oxygen atoms in total. The molecule has 0 atom stereocenters. The molecule has 10 aromatic carbocycles. The predicted molar refractivity (Wildman–Crippen MR) is 283 cm³/mol. The number of pyridine rings is 2. The summed E-state index contributed by atoms with van der Waals surface area (Å²) in [5.74, 6) is 1.41. The van der Waals surface area contributed by atoms with Gasteiger partial charge in [-0.3, -0.25) is 9.80 Å². The van der Waals surface area contributed by atoms with Crippen LogP contribution in [0.2, 0.25) is 0 Å². The van der Waals surface area contributed by atoms with E-state index in [1.807, 2.05) is 60.9 Å². The van der Waals surface area contributed by atoms with E-state index in [2.05, 4.69) is 168 Å². The van der Waals surface area contributed by atoms with E-state index in [0.29, 0.717) is 22.8 Å². The van der Waals surface area contributed by atoms with Gasteiger partial charge >= 0.3 is 0 Å². The fourth-order valence-corrected chi connectivity index (χ4v) is 10.7. The molecule has 15 aromatic rings. The second kappa shape index (κ2) is 14.5. The van der Waals surface area contributed by atoms with Crippen LogP contribution in [0.4, 0.5) is 34.4 Å². The van der Waals surface area contributed by atoms with Crippen molar-refractivity contribution in [3.63, 3.8) is 0 Å². The van der Waals surface area contributed by atoms with Crippen LogP contribution >= 0.6 is 0 Å². The van der Waals surface area contributed by atoms with Crippen molar-refractivity contribution in [2.75, 3.05) is 9.80 Å². The lowest BCUT2D eigenvalue weighted by molar-refractivity contribution is 0.668. The van der Waals surface area contributed by atoms with Crippen LogP contribution in [0.1, 0.15) is 0 Å². The third kappa shape index (κ3) is 5.74. The molecule has 0 bridgehead atoms. The minimum atomic E-state index is 0.695. The summed E-state index contributed by atoms with van der Waals surface area (Å²) < 4.78 is 19.9. The number of para-hydroxylation sites is 2. The molecule has 0 amide bonds. The molecular formula is C62H36N4O3. The van der Waals surface area contributed by atoms with E-state index in [1.165, 1.54) is 10.8 Å². The number of aromatic nitrogens is 2. The quantitative estimate of drug-likeness (QED) is 0.154. The third-order valence-electron chi connectivity index (χ3n) is 13.9. The van der Waals surface area contributed by atoms with E-state index in [9.17, 15) is 0 Å². The minimum Gasteiger partial charge on any atom is -0.456 e. The van der Waals surface area contributed by atoms with E-state index in [-0.39, 0.29) is 0 Å². The summed E-state index contributed by atoms with van der Waals surface area (Å²) in [5.41, 5.74) is 8.50. The summed E-state index contributed by atoms with van der Waals surface area (Å²) in [6, 6.07) is 72.1. The Morgan fingerprint density at radius 1 is 0.261 bits per heavy atom. The van der Waals surface area contributed by atoms with Crippen LogP contribution in [-0.2, 0) is 0 Å². The van der Waals surface area contributed by atoms with Crippen molar-refractivity contribution in [2.45, 2.75) is 0 Å². The minimum absolute atomic E-state index is 0.695. The number of nitrogens with zero attached hydrogens (tertiary/aromatic N) is 4. The molecule has 7 heteroatoms. The van der Waals surface area contributed by atoms with Gasteiger partial charge in [-0.15, -0.1) is 0 Å². The highest BCUT2D eigenvalue weighted by molar-refractivity contribution is 6.17. The van der Waals surface area contributed by atoms with Gasteiger partial charge in [-0.1, -0.05) is 133 Å². The van der Waals surface area contributed by atoms with Gasteiger partial charge in [-0.2, -0.15) is 0 Å². The van der Waals surface area contributed by atoms with Gasteiger partial charge in [-0.25, -0.2) is 9.97 Å². The average Bonchev–Trinajstić information content (AvgIpc) is 4.09. The molecular weight excluding hydrogens is 849 g/mol. The molecule has 0 radical (unpaired) electrons. The molecule has 5 heterocycles. The first kappa shape index (κ1) is 37.7. The highest BCUT2D eigenvalue weighted by Crippen LogP contribution is 2.47. The van der Waals surface area contributed by atoms with Crippen molar-refractivity contribution in [1.82, 2.24) is 9.97 Å². The second-order valence-electron chi connectivity index (χ2n) is 17.7. The Labute approximate surface area is 393 Å². The Balaban J connectivity index is 0.933. The van der Waals surface area contributed by atoms with Gasteiger partial charge < -0.3 is 13.3 Å². The zero-order chi connectivity index (χ0) is 45.2. The number of hydrogen-bond acceptors (Lipinski definition) is 7. The number of fused-ring (bicyclic) bond motifs is 15. The number of anilines is 6. The topological polar surface area (TPSA) is 71.7 Å². The van der Waals surface area contributed by atoms with Crippen molar-refractivity contribution < 1.29 is 13.3 Å². The van der Waals surface area contributed by atoms with Crippen molar-refractivity contribution in [1.29, 1.82) is 0 Å². The molecule has 0 saturated heterocycles. The summed E-state index contributed by atoms with van der Waals surface area (Å²) in [6.45, 7) is 0. The maximum Gasteiger partial charge on any atom is 0.141 e. The lowest BCUT2D eigenvalue weighted by atomic mass is 9.99. The van der Waals surface area contributed by atoms with Gasteiger partial charge in [0.25, 0.3) is 0 Å². The van der Waals surface area contributed by atoms with Gasteiger partial charge in [-0.05, 0) is 80.8 Å². The zero-order valence-corrected chi connectivity index (χ0v) is 36.8. The molecule has 5 aromatic heterocycles. The Hall–Kier alpha value is -9.46. The SMILES string of the molecule is c1ccc2c(c1)cc(N(c1ccc3c(c1)oc1ccccc13)c1cc3oc4cc(N(c5ccc6c(c5)oc5ccccc56)c5cc6ccccc6c6ccccc56)ncc4c3cn1)c1ccccc12. The lowest BCUT2D eigenvalue weighted by Gasteiger charge is -2.26. The maximum absolute atomic E-state index is 6.94. The average molecular weight is 885 g/mol. The van der Waals surface area contributed by atoms with Gasteiger partial charge in [0.05, 0.1) is 22.7 Å². The molecule has 15 rings (SSSR count). The smallest absolute Gasteiger partial charge is 0.141 e. The number of hydrogen-bond donors (Lipinski definition) is 0. The van der Waals surface area contributed by atoms with E-state index >= 15 is 0 Å². The summed E-state index contributed by atoms with van der Waals surface area (Å²) in [6.07, 6.45) is 3.83. The van der Waals surface area contributed by atoms with Crippen LogP contribution in [0.15, 0.2) is 232 Å². The molecule has 0 aliphatic carbocycles. The first-order valence-electron chi connectivity index (χ1n) is 23.1. The third-order valence-corrected chi connectivity index (χ3v) is 13.9. The Morgan fingerprint density at radius 3 is 1.07 bits per heavy atom. The second-order valence-corrected chi connectivity index (χ2v) is 17.7. The molecule has 0 saturated carbocycles. The van der Waals surface area contributed by atoms with Crippen LogP contribution in [0, 0.1) is 0 Å². The van der Waals surface area contributed by atoms with Crippen LogP contribution in [0.25, 0.3) is 109 Å². The number of furan rings is 3. The van der Waals surface area contributed by atoms with Crippen LogP contribution < -0.4 is 9.80 Å². The number of benzene rings is 10. The fraction of sp³-hybridized carbons (Fsp3) is 0. The molecule has 0 spiro atoms. The van der Waals surface area contributed by atoms with Crippen LogP contribution in [-0.4, -0.2) is 9.97 Å². The van der Waals surface area contributed by atoms with Crippen molar-refractivity contribution in [3.05, 3.63) is 219 Å². The van der Waals surface area contributed by atoms with Crippen molar-refractivity contribution in [3.8, 4) is 0 Å². The van der Waals surface area contributed by atoms with Gasteiger partial charge in [0.1, 0.15) is 45.1 Å². The molecule has 0 aliphatic rings. The first-order chi connectivity index (χ1) is 34.2. The zero-order valence-electron chi connectivity index (χ0n) is 36.8. The van der Waals surface area contributed by atoms with Crippen LogP contribution in [0.5, 0.6) is 0 Å². The van der Waals surface area contributed by atoms with E-state index < -0.39 is 0 Å². The first-order valence-corrected chi connectivity index (χ1v) is 23.1. The van der Waals surface area contributed by atoms with Gasteiger partial charge in [0.15, 0.2) is 0 Å². The molecule has 322 valence electrons.